The molecule has 0 radical (unpaired) electrons. The number of carbonyl (C=O) groups excluding carboxylic acids is 3. The summed E-state index contributed by atoms with van der Waals surface area (Å²) in [7, 11) is 0. The van der Waals surface area contributed by atoms with Crippen molar-refractivity contribution in [2.75, 3.05) is 19.8 Å². The Morgan fingerprint density at radius 3 is 2.13 bits per heavy atom. The smallest absolute Gasteiger partial charge is 0.404 e. The molecule has 0 aromatic heterocycles. The lowest BCUT2D eigenvalue weighted by atomic mass is 10.1. The molecule has 0 fully saturated rings. The molecule has 2 N–H and O–H groups in total. The van der Waals surface area contributed by atoms with Crippen LogP contribution in [-0.4, -0.2) is 48.7 Å². The fourth-order valence-electron chi connectivity index (χ4n) is 3.40. The van der Waals surface area contributed by atoms with Gasteiger partial charge in [0.05, 0.1) is 30.9 Å². The SMILES string of the molecule is CCOc1ccc(CC(CN2C(=O)c3ccccc3C2=O)OC(N)=O)cc1OCC. The number of imide groups is 1. The van der Waals surface area contributed by atoms with Gasteiger partial charge in [-0.3, -0.25) is 14.5 Å². The predicted molar refractivity (Wildman–Crippen MR) is 109 cm³/mol. The lowest BCUT2D eigenvalue weighted by Crippen LogP contribution is -2.40. The second kappa shape index (κ2) is 9.30. The van der Waals surface area contributed by atoms with Gasteiger partial charge in [0, 0.05) is 6.42 Å². The lowest BCUT2D eigenvalue weighted by Gasteiger charge is -2.22. The van der Waals surface area contributed by atoms with Crippen LogP contribution in [0.15, 0.2) is 42.5 Å². The van der Waals surface area contributed by atoms with Gasteiger partial charge in [0.2, 0.25) is 0 Å². The van der Waals surface area contributed by atoms with E-state index < -0.39 is 24.0 Å². The average molecular weight is 412 g/mol. The summed E-state index contributed by atoms with van der Waals surface area (Å²) in [5.41, 5.74) is 6.67. The average Bonchev–Trinajstić information content (AvgIpc) is 2.95. The van der Waals surface area contributed by atoms with Crippen LogP contribution in [0, 0.1) is 0 Å². The predicted octanol–water partition coefficient (Wildman–Crippen LogP) is 2.79. The Hall–Kier alpha value is -3.55. The third kappa shape index (κ3) is 4.53. The van der Waals surface area contributed by atoms with Crippen molar-refractivity contribution >= 4 is 17.9 Å². The third-order valence-electron chi connectivity index (χ3n) is 4.62. The summed E-state index contributed by atoms with van der Waals surface area (Å²) in [4.78, 5) is 37.8. The molecule has 1 unspecified atom stereocenters. The number of fused-ring (bicyclic) bond motifs is 1. The fraction of sp³-hybridized carbons (Fsp3) is 0.318. The Bertz CT molecular complexity index is 923. The van der Waals surface area contributed by atoms with E-state index in [9.17, 15) is 14.4 Å². The highest BCUT2D eigenvalue weighted by atomic mass is 16.6. The van der Waals surface area contributed by atoms with E-state index in [1.54, 1.807) is 36.4 Å². The third-order valence-corrected chi connectivity index (χ3v) is 4.62. The normalized spacial score (nSPS) is 13.7. The number of hydrogen-bond acceptors (Lipinski definition) is 6. The van der Waals surface area contributed by atoms with Crippen molar-refractivity contribution in [3.8, 4) is 11.5 Å². The number of ether oxygens (including phenoxy) is 3. The van der Waals surface area contributed by atoms with Gasteiger partial charge in [-0.2, -0.15) is 0 Å². The first-order valence-electron chi connectivity index (χ1n) is 9.74. The molecule has 3 rings (SSSR count). The molecule has 2 aromatic rings. The second-order valence-corrected chi connectivity index (χ2v) is 6.68. The molecule has 30 heavy (non-hydrogen) atoms. The van der Waals surface area contributed by atoms with Crippen molar-refractivity contribution in [1.82, 2.24) is 4.90 Å². The number of primary amides is 1. The van der Waals surface area contributed by atoms with E-state index in [1.807, 2.05) is 19.9 Å². The summed E-state index contributed by atoms with van der Waals surface area (Å²) in [6.07, 6.45) is -1.55. The zero-order chi connectivity index (χ0) is 21.7. The van der Waals surface area contributed by atoms with Crippen LogP contribution in [0.25, 0.3) is 0 Å². The largest absolute Gasteiger partial charge is 0.490 e. The summed E-state index contributed by atoms with van der Waals surface area (Å²) in [6, 6.07) is 12.0. The van der Waals surface area contributed by atoms with Crippen LogP contribution < -0.4 is 15.2 Å². The first-order chi connectivity index (χ1) is 14.4. The van der Waals surface area contributed by atoms with Crippen LogP contribution in [0.4, 0.5) is 4.79 Å². The van der Waals surface area contributed by atoms with Crippen LogP contribution in [-0.2, 0) is 11.2 Å². The molecule has 1 atom stereocenters. The summed E-state index contributed by atoms with van der Waals surface area (Å²) < 4.78 is 16.4. The van der Waals surface area contributed by atoms with E-state index in [4.69, 9.17) is 19.9 Å². The number of carbonyl (C=O) groups is 3. The molecule has 158 valence electrons. The molecule has 0 saturated heterocycles. The molecule has 0 spiro atoms. The molecule has 1 heterocycles. The summed E-state index contributed by atoms with van der Waals surface area (Å²) >= 11 is 0. The van der Waals surface area contributed by atoms with Gasteiger partial charge in [-0.05, 0) is 43.7 Å². The number of rotatable bonds is 9. The van der Waals surface area contributed by atoms with Crippen LogP contribution in [0.5, 0.6) is 11.5 Å². The van der Waals surface area contributed by atoms with Crippen LogP contribution in [0.3, 0.4) is 0 Å². The summed E-state index contributed by atoms with van der Waals surface area (Å²) in [5, 5.41) is 0. The minimum atomic E-state index is -0.979. The maximum Gasteiger partial charge on any atom is 0.404 e. The Labute approximate surface area is 174 Å². The molecule has 1 aliphatic rings. The number of benzene rings is 2. The van der Waals surface area contributed by atoms with Gasteiger partial charge in [0.15, 0.2) is 11.5 Å². The van der Waals surface area contributed by atoms with Crippen molar-refractivity contribution < 1.29 is 28.6 Å². The van der Waals surface area contributed by atoms with E-state index in [-0.39, 0.29) is 13.0 Å². The van der Waals surface area contributed by atoms with Gasteiger partial charge in [-0.1, -0.05) is 18.2 Å². The van der Waals surface area contributed by atoms with E-state index in [2.05, 4.69) is 0 Å². The topological polar surface area (TPSA) is 108 Å². The van der Waals surface area contributed by atoms with Gasteiger partial charge in [-0.15, -0.1) is 0 Å². The Balaban J connectivity index is 1.80. The number of hydrogen-bond donors (Lipinski definition) is 1. The molecular formula is C22H24N2O6. The highest BCUT2D eigenvalue weighted by Gasteiger charge is 2.37. The van der Waals surface area contributed by atoms with Crippen molar-refractivity contribution in [2.24, 2.45) is 5.73 Å². The quantitative estimate of drug-likeness (QED) is 0.635. The molecule has 0 saturated carbocycles. The van der Waals surface area contributed by atoms with Gasteiger partial charge in [0.25, 0.3) is 11.8 Å². The van der Waals surface area contributed by atoms with Crippen molar-refractivity contribution in [2.45, 2.75) is 26.4 Å². The summed E-state index contributed by atoms with van der Waals surface area (Å²) in [6.45, 7) is 4.59. The highest BCUT2D eigenvalue weighted by Crippen LogP contribution is 2.30. The maximum absolute atomic E-state index is 12.6. The molecule has 1 aliphatic heterocycles. The van der Waals surface area contributed by atoms with E-state index >= 15 is 0 Å². The number of nitrogens with two attached hydrogens (primary N) is 1. The molecule has 3 amide bonds. The van der Waals surface area contributed by atoms with E-state index in [0.717, 1.165) is 10.5 Å². The van der Waals surface area contributed by atoms with Gasteiger partial charge >= 0.3 is 6.09 Å². The Morgan fingerprint density at radius 2 is 1.57 bits per heavy atom. The van der Waals surface area contributed by atoms with Crippen molar-refractivity contribution in [3.63, 3.8) is 0 Å². The van der Waals surface area contributed by atoms with Gasteiger partial charge in [0.1, 0.15) is 6.10 Å². The number of amides is 3. The molecule has 8 heteroatoms. The van der Waals surface area contributed by atoms with E-state index in [0.29, 0.717) is 35.8 Å². The van der Waals surface area contributed by atoms with Crippen LogP contribution in [0.2, 0.25) is 0 Å². The Morgan fingerprint density at radius 1 is 0.967 bits per heavy atom. The monoisotopic (exact) mass is 412 g/mol. The fourth-order valence-corrected chi connectivity index (χ4v) is 3.40. The van der Waals surface area contributed by atoms with Crippen molar-refractivity contribution in [1.29, 1.82) is 0 Å². The van der Waals surface area contributed by atoms with Crippen LogP contribution >= 0.6 is 0 Å². The van der Waals surface area contributed by atoms with Gasteiger partial charge in [-0.25, -0.2) is 4.79 Å². The summed E-state index contributed by atoms with van der Waals surface area (Å²) in [5.74, 6) is 0.331. The van der Waals surface area contributed by atoms with Gasteiger partial charge < -0.3 is 19.9 Å². The first-order valence-corrected chi connectivity index (χ1v) is 9.74. The molecule has 0 aliphatic carbocycles. The second-order valence-electron chi connectivity index (χ2n) is 6.68. The molecular weight excluding hydrogens is 388 g/mol. The maximum atomic E-state index is 12.6. The highest BCUT2D eigenvalue weighted by molar-refractivity contribution is 6.21. The zero-order valence-electron chi connectivity index (χ0n) is 16.9. The lowest BCUT2D eigenvalue weighted by molar-refractivity contribution is 0.0490. The Kier molecular flexibility index (Phi) is 6.56. The minimum absolute atomic E-state index is 0.105. The number of nitrogens with zero attached hydrogens (tertiary/aromatic N) is 1. The van der Waals surface area contributed by atoms with Crippen LogP contribution in [0.1, 0.15) is 40.1 Å². The first kappa shape index (κ1) is 21.2. The molecule has 0 bridgehead atoms. The molecule has 8 nitrogen and oxygen atoms in total. The standard InChI is InChI=1S/C22H24N2O6/c1-3-28-18-10-9-14(12-19(18)29-4-2)11-15(30-22(23)27)13-24-20(25)16-7-5-6-8-17(16)21(24)26/h5-10,12,15H,3-4,11,13H2,1-2H3,(H2,23,27). The zero-order valence-corrected chi connectivity index (χ0v) is 16.9. The van der Waals surface area contributed by atoms with E-state index in [1.165, 1.54) is 0 Å². The minimum Gasteiger partial charge on any atom is -0.490 e. The van der Waals surface area contributed by atoms with Crippen molar-refractivity contribution in [3.05, 3.63) is 59.2 Å². The molecule has 2 aromatic carbocycles.